The highest BCUT2D eigenvalue weighted by atomic mass is 19.3. The Balaban J connectivity index is 2.87. The van der Waals surface area contributed by atoms with E-state index in [1.165, 1.54) is 18.2 Å². The van der Waals surface area contributed by atoms with Crippen molar-refractivity contribution in [1.29, 1.82) is 0 Å². The molecule has 1 rings (SSSR count). The molecule has 2 nitrogen and oxygen atoms in total. The Morgan fingerprint density at radius 3 is 2.65 bits per heavy atom. The zero-order valence-corrected chi connectivity index (χ0v) is 9.84. The highest BCUT2D eigenvalue weighted by Crippen LogP contribution is 2.26. The lowest BCUT2D eigenvalue weighted by Gasteiger charge is -2.17. The molecule has 0 aliphatic rings. The lowest BCUT2D eigenvalue weighted by Crippen LogP contribution is -2.19. The van der Waals surface area contributed by atoms with E-state index in [1.54, 1.807) is 0 Å². The van der Waals surface area contributed by atoms with Crippen LogP contribution in [0.2, 0.25) is 0 Å². The number of benzene rings is 1. The summed E-state index contributed by atoms with van der Waals surface area (Å²) in [6.07, 6.45) is -2.54. The van der Waals surface area contributed by atoms with Crippen LogP contribution in [0.15, 0.2) is 18.2 Å². The number of alkyl halides is 2. The molecule has 96 valence electrons. The van der Waals surface area contributed by atoms with E-state index >= 15 is 0 Å². The smallest absolute Gasteiger partial charge is 0.272 e. The summed E-state index contributed by atoms with van der Waals surface area (Å²) in [5, 5.41) is 3.08. The summed E-state index contributed by atoms with van der Waals surface area (Å²) < 4.78 is 42.2. The molecule has 1 aromatic rings. The molecule has 1 N–H and O–H groups in total. The van der Waals surface area contributed by atoms with Crippen molar-refractivity contribution in [3.8, 4) is 5.75 Å². The summed E-state index contributed by atoms with van der Waals surface area (Å²) >= 11 is 0. The van der Waals surface area contributed by atoms with Crippen molar-refractivity contribution in [2.24, 2.45) is 0 Å². The van der Waals surface area contributed by atoms with Gasteiger partial charge in [-0.2, -0.15) is 0 Å². The second-order valence-corrected chi connectivity index (χ2v) is 3.66. The van der Waals surface area contributed by atoms with Crippen molar-refractivity contribution >= 4 is 0 Å². The minimum atomic E-state index is -2.54. The average Bonchev–Trinajstić information content (AvgIpc) is 2.27. The number of hydrogen-bond acceptors (Lipinski definition) is 2. The van der Waals surface area contributed by atoms with Gasteiger partial charge in [-0.25, -0.2) is 13.2 Å². The molecule has 0 aliphatic carbocycles. The quantitative estimate of drug-likeness (QED) is 0.833. The van der Waals surface area contributed by atoms with E-state index < -0.39 is 18.8 Å². The topological polar surface area (TPSA) is 21.3 Å². The molecule has 1 unspecified atom stereocenters. The Bertz CT molecular complexity index is 358. The van der Waals surface area contributed by atoms with Gasteiger partial charge in [0.25, 0.3) is 6.43 Å². The van der Waals surface area contributed by atoms with E-state index in [1.807, 2.05) is 13.8 Å². The van der Waals surface area contributed by atoms with Crippen LogP contribution in [0.25, 0.3) is 0 Å². The summed E-state index contributed by atoms with van der Waals surface area (Å²) in [6, 6.07) is 3.72. The third-order valence-corrected chi connectivity index (χ3v) is 2.31. The van der Waals surface area contributed by atoms with Gasteiger partial charge in [0.05, 0.1) is 0 Å². The lowest BCUT2D eigenvalue weighted by molar-refractivity contribution is 0.0811. The fraction of sp³-hybridized carbons (Fsp3) is 0.500. The first-order valence-corrected chi connectivity index (χ1v) is 5.48. The van der Waals surface area contributed by atoms with Crippen molar-refractivity contribution in [2.45, 2.75) is 26.3 Å². The molecule has 0 bridgehead atoms. The zero-order chi connectivity index (χ0) is 12.8. The van der Waals surface area contributed by atoms with Crippen LogP contribution in [0.4, 0.5) is 13.2 Å². The van der Waals surface area contributed by atoms with Gasteiger partial charge in [0.15, 0.2) is 0 Å². The van der Waals surface area contributed by atoms with Gasteiger partial charge in [0, 0.05) is 11.6 Å². The van der Waals surface area contributed by atoms with Gasteiger partial charge in [-0.15, -0.1) is 0 Å². The Morgan fingerprint density at radius 1 is 1.35 bits per heavy atom. The van der Waals surface area contributed by atoms with Crippen LogP contribution in [-0.2, 0) is 0 Å². The van der Waals surface area contributed by atoms with Crippen molar-refractivity contribution in [3.63, 3.8) is 0 Å². The molecular formula is C12H16F3NO. The standard InChI is InChI=1S/C12H16F3NO/c1-3-16-8(2)10-6-9(13)4-5-11(10)17-7-12(14)15/h4-6,8,12,16H,3,7H2,1-2H3. The van der Waals surface area contributed by atoms with Gasteiger partial charge in [0.2, 0.25) is 0 Å². The fourth-order valence-electron chi connectivity index (χ4n) is 1.56. The van der Waals surface area contributed by atoms with Gasteiger partial charge in [-0.05, 0) is 31.7 Å². The predicted molar refractivity (Wildman–Crippen MR) is 60.0 cm³/mol. The minimum Gasteiger partial charge on any atom is -0.487 e. The molecule has 0 heterocycles. The van der Waals surface area contributed by atoms with Crippen LogP contribution in [0.3, 0.4) is 0 Å². The van der Waals surface area contributed by atoms with Crippen molar-refractivity contribution in [2.75, 3.05) is 13.2 Å². The molecule has 1 aromatic carbocycles. The van der Waals surface area contributed by atoms with E-state index in [2.05, 4.69) is 5.32 Å². The Kier molecular flexibility index (Phi) is 5.28. The maximum Gasteiger partial charge on any atom is 0.272 e. The number of rotatable bonds is 6. The third-order valence-electron chi connectivity index (χ3n) is 2.31. The van der Waals surface area contributed by atoms with E-state index in [0.29, 0.717) is 17.9 Å². The summed E-state index contributed by atoms with van der Waals surface area (Å²) in [7, 11) is 0. The SMILES string of the molecule is CCNC(C)c1cc(F)ccc1OCC(F)F. The van der Waals surface area contributed by atoms with Gasteiger partial charge in [-0.3, -0.25) is 0 Å². The second kappa shape index (κ2) is 6.49. The molecular weight excluding hydrogens is 231 g/mol. The monoisotopic (exact) mass is 247 g/mol. The predicted octanol–water partition coefficient (Wildman–Crippen LogP) is 3.14. The molecule has 0 fully saturated rings. The normalized spacial score (nSPS) is 12.8. The fourth-order valence-corrected chi connectivity index (χ4v) is 1.56. The minimum absolute atomic E-state index is 0.150. The summed E-state index contributed by atoms with van der Waals surface area (Å²) in [5.41, 5.74) is 0.549. The van der Waals surface area contributed by atoms with E-state index in [4.69, 9.17) is 4.74 Å². The van der Waals surface area contributed by atoms with E-state index in [9.17, 15) is 13.2 Å². The van der Waals surface area contributed by atoms with Crippen LogP contribution in [-0.4, -0.2) is 19.6 Å². The van der Waals surface area contributed by atoms with Gasteiger partial charge < -0.3 is 10.1 Å². The Hall–Kier alpha value is -1.23. The van der Waals surface area contributed by atoms with Crippen LogP contribution in [0.5, 0.6) is 5.75 Å². The molecule has 0 saturated carbocycles. The second-order valence-electron chi connectivity index (χ2n) is 3.66. The molecule has 1 atom stereocenters. The maximum atomic E-state index is 13.1. The molecule has 0 spiro atoms. The van der Waals surface area contributed by atoms with Gasteiger partial charge in [0.1, 0.15) is 18.2 Å². The van der Waals surface area contributed by atoms with Crippen molar-refractivity contribution < 1.29 is 17.9 Å². The molecule has 17 heavy (non-hydrogen) atoms. The molecule has 0 saturated heterocycles. The summed E-state index contributed by atoms with van der Waals surface area (Å²) in [5.74, 6) is -0.116. The average molecular weight is 247 g/mol. The number of hydrogen-bond donors (Lipinski definition) is 1. The zero-order valence-electron chi connectivity index (χ0n) is 9.84. The first-order chi connectivity index (χ1) is 8.04. The van der Waals surface area contributed by atoms with Crippen molar-refractivity contribution in [1.82, 2.24) is 5.32 Å². The maximum absolute atomic E-state index is 13.1. The molecule has 0 aromatic heterocycles. The van der Waals surface area contributed by atoms with Gasteiger partial charge >= 0.3 is 0 Å². The number of ether oxygens (including phenoxy) is 1. The van der Waals surface area contributed by atoms with E-state index in [0.717, 1.165) is 0 Å². The van der Waals surface area contributed by atoms with Gasteiger partial charge in [-0.1, -0.05) is 6.92 Å². The van der Waals surface area contributed by atoms with Crippen LogP contribution < -0.4 is 10.1 Å². The van der Waals surface area contributed by atoms with Crippen LogP contribution in [0, 0.1) is 5.82 Å². The first kappa shape index (κ1) is 13.8. The Labute approximate surface area is 98.8 Å². The summed E-state index contributed by atoms with van der Waals surface area (Å²) in [6.45, 7) is 3.76. The van der Waals surface area contributed by atoms with Crippen molar-refractivity contribution in [3.05, 3.63) is 29.6 Å². The largest absolute Gasteiger partial charge is 0.487 e. The van der Waals surface area contributed by atoms with E-state index in [-0.39, 0.29) is 6.04 Å². The molecule has 5 heteroatoms. The number of nitrogens with one attached hydrogen (secondary N) is 1. The summed E-state index contributed by atoms with van der Waals surface area (Å²) in [4.78, 5) is 0. The van der Waals surface area contributed by atoms with Crippen LogP contribution in [0.1, 0.15) is 25.5 Å². The molecule has 0 aliphatic heterocycles. The highest BCUT2D eigenvalue weighted by molar-refractivity contribution is 5.36. The Morgan fingerprint density at radius 2 is 2.06 bits per heavy atom. The molecule has 0 amide bonds. The third kappa shape index (κ3) is 4.26. The lowest BCUT2D eigenvalue weighted by atomic mass is 10.1. The molecule has 0 radical (unpaired) electrons. The van der Waals surface area contributed by atoms with Crippen LogP contribution >= 0.6 is 0 Å². The first-order valence-electron chi connectivity index (χ1n) is 5.48. The highest BCUT2D eigenvalue weighted by Gasteiger charge is 2.13. The number of halogens is 3.